The molecule has 0 aromatic carbocycles. The molecule has 0 heterocycles. The van der Waals surface area contributed by atoms with Crippen molar-refractivity contribution in [3.8, 4) is 0 Å². The molecule has 0 aromatic rings. The zero-order chi connectivity index (χ0) is 17.4. The predicted molar refractivity (Wildman–Crippen MR) is 98.5 cm³/mol. The minimum atomic E-state index is -3.94. The Morgan fingerprint density at radius 1 is 0.750 bits per heavy atom. The molecule has 0 saturated heterocycles. The smallest absolute Gasteiger partial charge is 1.00 e. The van der Waals surface area contributed by atoms with Crippen molar-refractivity contribution < 1.29 is 49.1 Å². The summed E-state index contributed by atoms with van der Waals surface area (Å²) in [6, 6.07) is 0. The van der Waals surface area contributed by atoms with Crippen LogP contribution in [-0.2, 0) is 10.1 Å². The molecule has 1 atom stereocenters. The number of aliphatic hydroxyl groups excluding tert-OH is 1. The average molecular weight is 375 g/mol. The third kappa shape index (κ3) is 22.9. The van der Waals surface area contributed by atoms with Crippen LogP contribution in [0.1, 0.15) is 105 Å². The van der Waals surface area contributed by atoms with Gasteiger partial charge in [-0.3, -0.25) is 4.55 Å². The van der Waals surface area contributed by atoms with Crippen molar-refractivity contribution in [3.05, 3.63) is 0 Å². The van der Waals surface area contributed by atoms with Crippen molar-refractivity contribution >= 4 is 10.1 Å². The number of hydrogen-bond donors (Lipinski definition) is 2. The first kappa shape index (κ1) is 27.1. The summed E-state index contributed by atoms with van der Waals surface area (Å²) < 4.78 is 29.7. The molecule has 4 nitrogen and oxygen atoms in total. The van der Waals surface area contributed by atoms with Gasteiger partial charge in [-0.25, -0.2) is 0 Å². The molecular weight excluding hydrogens is 335 g/mol. The second kappa shape index (κ2) is 18.7. The zero-order valence-electron chi connectivity index (χ0n) is 17.0. The van der Waals surface area contributed by atoms with Crippen molar-refractivity contribution in [1.82, 2.24) is 0 Å². The summed E-state index contributed by atoms with van der Waals surface area (Å²) in [5, 5.41) is 9.61. The van der Waals surface area contributed by atoms with Crippen molar-refractivity contribution in [1.29, 1.82) is 0 Å². The Hall–Kier alpha value is 0.870. The second-order valence-electron chi connectivity index (χ2n) is 6.76. The van der Waals surface area contributed by atoms with E-state index in [9.17, 15) is 13.5 Å². The molecule has 0 spiro atoms. The van der Waals surface area contributed by atoms with E-state index in [0.29, 0.717) is 6.42 Å². The fourth-order valence-corrected chi connectivity index (χ4v) is 3.40. The maximum absolute atomic E-state index is 10.6. The molecule has 0 radical (unpaired) electrons. The molecule has 0 aliphatic rings. The van der Waals surface area contributed by atoms with Crippen LogP contribution in [0.4, 0.5) is 0 Å². The van der Waals surface area contributed by atoms with Gasteiger partial charge in [-0.1, -0.05) is 90.4 Å². The maximum Gasteiger partial charge on any atom is 1.00 e. The van der Waals surface area contributed by atoms with Crippen molar-refractivity contribution in [2.75, 3.05) is 5.75 Å². The van der Waals surface area contributed by atoms with Crippen LogP contribution in [-0.4, -0.2) is 29.9 Å². The minimum absolute atomic E-state index is 0. The van der Waals surface area contributed by atoms with Gasteiger partial charge >= 0.3 is 29.6 Å². The van der Waals surface area contributed by atoms with Gasteiger partial charge < -0.3 is 6.53 Å². The van der Waals surface area contributed by atoms with Gasteiger partial charge in [-0.15, -0.1) is 0 Å². The van der Waals surface area contributed by atoms with E-state index in [2.05, 4.69) is 6.92 Å². The molecular formula is C18H39NaO4S. The fraction of sp³-hybridized carbons (Fsp3) is 1.00. The Morgan fingerprint density at radius 3 is 1.50 bits per heavy atom. The predicted octanol–water partition coefficient (Wildman–Crippen LogP) is 2.22. The summed E-state index contributed by atoms with van der Waals surface area (Å²) in [5.41, 5.74) is 0. The SMILES string of the molecule is CCCCCCCCCCCCCCCC(O)CCS(=O)(=O)O.[H-].[Na+]. The molecule has 0 aliphatic carbocycles. The monoisotopic (exact) mass is 374 g/mol. The van der Waals surface area contributed by atoms with Crippen LogP contribution in [0.15, 0.2) is 0 Å². The van der Waals surface area contributed by atoms with Crippen LogP contribution in [0.25, 0.3) is 0 Å². The average Bonchev–Trinajstić information content (AvgIpc) is 2.49. The van der Waals surface area contributed by atoms with E-state index in [1.165, 1.54) is 70.6 Å². The van der Waals surface area contributed by atoms with E-state index >= 15 is 0 Å². The van der Waals surface area contributed by atoms with E-state index in [4.69, 9.17) is 4.55 Å². The van der Waals surface area contributed by atoms with Gasteiger partial charge in [0.1, 0.15) is 0 Å². The maximum atomic E-state index is 10.6. The molecule has 0 amide bonds. The third-order valence-electron chi connectivity index (χ3n) is 4.35. The molecule has 0 aliphatic heterocycles. The number of aliphatic hydroxyl groups is 1. The van der Waals surface area contributed by atoms with Crippen LogP contribution in [0.2, 0.25) is 0 Å². The Bertz CT molecular complexity index is 353. The van der Waals surface area contributed by atoms with Crippen molar-refractivity contribution in [2.24, 2.45) is 0 Å². The van der Waals surface area contributed by atoms with E-state index in [1.54, 1.807) is 0 Å². The topological polar surface area (TPSA) is 74.6 Å². The quantitative estimate of drug-likeness (QED) is 0.233. The van der Waals surface area contributed by atoms with Gasteiger partial charge in [0.25, 0.3) is 10.1 Å². The Kier molecular flexibility index (Phi) is 21.1. The summed E-state index contributed by atoms with van der Waals surface area (Å²) in [6.45, 7) is 2.25. The molecule has 0 rings (SSSR count). The van der Waals surface area contributed by atoms with Crippen LogP contribution >= 0.6 is 0 Å². The van der Waals surface area contributed by atoms with E-state index < -0.39 is 16.2 Å². The molecule has 1 unspecified atom stereocenters. The largest absolute Gasteiger partial charge is 1.00 e. The number of unbranched alkanes of at least 4 members (excludes halogenated alkanes) is 12. The van der Waals surface area contributed by atoms with Gasteiger partial charge in [-0.05, 0) is 12.8 Å². The first-order valence-electron chi connectivity index (χ1n) is 9.59. The molecule has 6 heteroatoms. The zero-order valence-corrected chi connectivity index (χ0v) is 18.8. The standard InChI is InChI=1S/C18H38O4S.Na.H/c1-2-3-4-5-6-7-8-9-10-11-12-13-14-15-18(19)16-17-23(20,21)22;;/h18-19H,2-17H2,1H3,(H,20,21,22);;/q;+1;-1. The third-order valence-corrected chi connectivity index (χ3v) is 5.10. The van der Waals surface area contributed by atoms with Gasteiger partial charge in [0.15, 0.2) is 0 Å². The van der Waals surface area contributed by atoms with Crippen LogP contribution in [0, 0.1) is 0 Å². The van der Waals surface area contributed by atoms with E-state index in [1.807, 2.05) is 0 Å². The van der Waals surface area contributed by atoms with Crippen LogP contribution in [0.5, 0.6) is 0 Å². The molecule has 0 fully saturated rings. The van der Waals surface area contributed by atoms with E-state index in [-0.39, 0.29) is 43.2 Å². The second-order valence-corrected chi connectivity index (χ2v) is 8.33. The van der Waals surface area contributed by atoms with Gasteiger partial charge in [0.2, 0.25) is 0 Å². The van der Waals surface area contributed by atoms with Gasteiger partial charge in [0.05, 0.1) is 11.9 Å². The van der Waals surface area contributed by atoms with Crippen molar-refractivity contribution in [2.45, 2.75) is 109 Å². The van der Waals surface area contributed by atoms with Crippen LogP contribution < -0.4 is 29.6 Å². The first-order valence-corrected chi connectivity index (χ1v) is 11.2. The molecule has 142 valence electrons. The summed E-state index contributed by atoms with van der Waals surface area (Å²) in [7, 11) is -3.94. The molecule has 0 bridgehead atoms. The fourth-order valence-electron chi connectivity index (χ4n) is 2.83. The van der Waals surface area contributed by atoms with Gasteiger partial charge in [-0.2, -0.15) is 8.42 Å². The summed E-state index contributed by atoms with van der Waals surface area (Å²) >= 11 is 0. The Morgan fingerprint density at radius 2 is 1.12 bits per heavy atom. The molecule has 0 saturated carbocycles. The van der Waals surface area contributed by atoms with Gasteiger partial charge in [0, 0.05) is 0 Å². The summed E-state index contributed by atoms with van der Waals surface area (Å²) in [6.07, 6.45) is 16.9. The summed E-state index contributed by atoms with van der Waals surface area (Å²) in [5.74, 6) is -0.341. The first-order chi connectivity index (χ1) is 11.0. The molecule has 0 aromatic heterocycles. The molecule has 24 heavy (non-hydrogen) atoms. The van der Waals surface area contributed by atoms with Crippen LogP contribution in [0.3, 0.4) is 0 Å². The number of hydrogen-bond acceptors (Lipinski definition) is 3. The molecule has 2 N–H and O–H groups in total. The Balaban J connectivity index is -0.00000242. The Labute approximate surface area is 173 Å². The van der Waals surface area contributed by atoms with Crippen molar-refractivity contribution in [3.63, 3.8) is 0 Å². The number of rotatable bonds is 17. The minimum Gasteiger partial charge on any atom is -1.00 e. The summed E-state index contributed by atoms with van der Waals surface area (Å²) in [4.78, 5) is 0. The van der Waals surface area contributed by atoms with E-state index in [0.717, 1.165) is 12.8 Å². The normalized spacial score (nSPS) is 12.8.